The van der Waals surface area contributed by atoms with Gasteiger partial charge in [0.15, 0.2) is 5.75 Å². The van der Waals surface area contributed by atoms with Crippen LogP contribution in [0, 0.1) is 10.1 Å². The highest BCUT2D eigenvalue weighted by molar-refractivity contribution is 7.12. The normalized spacial score (nSPS) is 14.3. The van der Waals surface area contributed by atoms with Crippen molar-refractivity contribution in [1.29, 1.82) is 0 Å². The standard InChI is InChI=1S/C23H21Cl2N3O4S/c24-18-4-3-5-19(25)17(18)13-26-8-10-27(11-9-26)23(29)22-12-16(15-33-22)14-32-21-7-2-1-6-20(21)28(30)31/h1-7,12,15H,8-11,13-14H2. The van der Waals surface area contributed by atoms with Crippen LogP contribution in [0.2, 0.25) is 10.0 Å². The van der Waals surface area contributed by atoms with E-state index in [1.807, 2.05) is 28.5 Å². The van der Waals surface area contributed by atoms with Gasteiger partial charge in [0.05, 0.1) is 9.80 Å². The van der Waals surface area contributed by atoms with Crippen LogP contribution in [0.15, 0.2) is 53.9 Å². The van der Waals surface area contributed by atoms with Crippen molar-refractivity contribution < 1.29 is 14.5 Å². The van der Waals surface area contributed by atoms with E-state index >= 15 is 0 Å². The second kappa shape index (κ2) is 10.5. The van der Waals surface area contributed by atoms with Gasteiger partial charge in [-0.2, -0.15) is 0 Å². The third-order valence-electron chi connectivity index (χ3n) is 5.42. The maximum Gasteiger partial charge on any atom is 0.310 e. The number of carbonyl (C=O) groups is 1. The Hall–Kier alpha value is -2.65. The average molecular weight is 506 g/mol. The predicted molar refractivity (Wildman–Crippen MR) is 129 cm³/mol. The van der Waals surface area contributed by atoms with E-state index in [4.69, 9.17) is 27.9 Å². The van der Waals surface area contributed by atoms with Crippen molar-refractivity contribution in [1.82, 2.24) is 9.80 Å². The van der Waals surface area contributed by atoms with E-state index in [9.17, 15) is 14.9 Å². The summed E-state index contributed by atoms with van der Waals surface area (Å²) in [6.45, 7) is 3.48. The quantitative estimate of drug-likeness (QED) is 0.313. The lowest BCUT2D eigenvalue weighted by Crippen LogP contribution is -2.48. The molecule has 4 rings (SSSR count). The van der Waals surface area contributed by atoms with E-state index in [0.29, 0.717) is 34.6 Å². The summed E-state index contributed by atoms with van der Waals surface area (Å²) in [5, 5.41) is 14.3. The number of para-hydroxylation sites is 2. The zero-order valence-corrected chi connectivity index (χ0v) is 19.9. The highest BCUT2D eigenvalue weighted by Gasteiger charge is 2.24. The number of hydrogen-bond acceptors (Lipinski definition) is 6. The molecule has 33 heavy (non-hydrogen) atoms. The van der Waals surface area contributed by atoms with E-state index in [1.165, 1.54) is 17.4 Å². The minimum Gasteiger partial charge on any atom is -0.482 e. The molecular weight excluding hydrogens is 485 g/mol. The van der Waals surface area contributed by atoms with Gasteiger partial charge in [0, 0.05) is 60.0 Å². The molecule has 0 unspecified atom stereocenters. The fourth-order valence-electron chi connectivity index (χ4n) is 3.63. The van der Waals surface area contributed by atoms with Crippen LogP contribution in [0.5, 0.6) is 5.75 Å². The van der Waals surface area contributed by atoms with E-state index < -0.39 is 4.92 Å². The number of piperazine rings is 1. The van der Waals surface area contributed by atoms with E-state index in [0.717, 1.165) is 24.2 Å². The molecule has 1 saturated heterocycles. The Kier molecular flexibility index (Phi) is 7.49. The third-order valence-corrected chi connectivity index (χ3v) is 7.10. The molecular formula is C23H21Cl2N3O4S. The van der Waals surface area contributed by atoms with Crippen LogP contribution in [0.25, 0.3) is 0 Å². The zero-order valence-electron chi connectivity index (χ0n) is 17.6. The topological polar surface area (TPSA) is 75.9 Å². The number of carbonyl (C=O) groups excluding carboxylic acids is 1. The first-order valence-electron chi connectivity index (χ1n) is 10.3. The molecule has 1 aliphatic rings. The van der Waals surface area contributed by atoms with Crippen molar-refractivity contribution in [2.45, 2.75) is 13.2 Å². The number of nitro groups is 1. The van der Waals surface area contributed by atoms with Gasteiger partial charge >= 0.3 is 5.69 Å². The fourth-order valence-corrected chi connectivity index (χ4v) is 5.01. The largest absolute Gasteiger partial charge is 0.482 e. The van der Waals surface area contributed by atoms with E-state index in [2.05, 4.69) is 4.90 Å². The van der Waals surface area contributed by atoms with Crippen LogP contribution in [0.4, 0.5) is 5.69 Å². The predicted octanol–water partition coefficient (Wildman–Crippen LogP) is 5.50. The first-order valence-corrected chi connectivity index (χ1v) is 11.9. The Morgan fingerprint density at radius 3 is 2.45 bits per heavy atom. The molecule has 1 aromatic heterocycles. The Morgan fingerprint density at radius 2 is 1.76 bits per heavy atom. The molecule has 1 aliphatic heterocycles. The molecule has 1 amide bonds. The van der Waals surface area contributed by atoms with Gasteiger partial charge < -0.3 is 9.64 Å². The highest BCUT2D eigenvalue weighted by Crippen LogP contribution is 2.28. The summed E-state index contributed by atoms with van der Waals surface area (Å²) in [5.41, 5.74) is 1.62. The Labute approximate surface area is 205 Å². The summed E-state index contributed by atoms with van der Waals surface area (Å²) >= 11 is 13.9. The zero-order chi connectivity index (χ0) is 23.4. The Bertz CT molecular complexity index is 1140. The molecule has 2 aromatic carbocycles. The number of ether oxygens (including phenoxy) is 1. The molecule has 1 fully saturated rings. The molecule has 2 heterocycles. The minimum atomic E-state index is -0.475. The van der Waals surface area contributed by atoms with Crippen molar-refractivity contribution in [2.24, 2.45) is 0 Å². The molecule has 0 saturated carbocycles. The number of halogens is 2. The van der Waals surface area contributed by atoms with Crippen LogP contribution in [-0.2, 0) is 13.2 Å². The number of nitro benzene ring substituents is 1. The van der Waals surface area contributed by atoms with Gasteiger partial charge in [-0.05, 0) is 29.6 Å². The van der Waals surface area contributed by atoms with Gasteiger partial charge in [0.1, 0.15) is 6.61 Å². The van der Waals surface area contributed by atoms with E-state index in [-0.39, 0.29) is 24.0 Å². The lowest BCUT2D eigenvalue weighted by Gasteiger charge is -2.34. The van der Waals surface area contributed by atoms with E-state index in [1.54, 1.807) is 24.3 Å². The lowest BCUT2D eigenvalue weighted by molar-refractivity contribution is -0.385. The summed E-state index contributed by atoms with van der Waals surface area (Å²) in [4.78, 5) is 28.3. The number of thiophene rings is 1. The Balaban J connectivity index is 1.31. The third kappa shape index (κ3) is 5.65. The summed E-state index contributed by atoms with van der Waals surface area (Å²) in [7, 11) is 0. The number of hydrogen-bond donors (Lipinski definition) is 0. The first-order chi connectivity index (χ1) is 15.9. The summed E-state index contributed by atoms with van der Waals surface area (Å²) in [6.07, 6.45) is 0. The molecule has 3 aromatic rings. The molecule has 0 bridgehead atoms. The summed E-state index contributed by atoms with van der Waals surface area (Å²) in [6, 6.07) is 13.5. The Morgan fingerprint density at radius 1 is 1.06 bits per heavy atom. The summed E-state index contributed by atoms with van der Waals surface area (Å²) < 4.78 is 5.62. The summed E-state index contributed by atoms with van der Waals surface area (Å²) in [5.74, 6) is 0.184. The van der Waals surface area contributed by atoms with Crippen molar-refractivity contribution in [3.63, 3.8) is 0 Å². The van der Waals surface area contributed by atoms with Crippen molar-refractivity contribution >= 4 is 46.1 Å². The average Bonchev–Trinajstić information content (AvgIpc) is 3.29. The molecule has 7 nitrogen and oxygen atoms in total. The SMILES string of the molecule is O=C(c1cc(COc2ccccc2[N+](=O)[O-])cs1)N1CCN(Cc2c(Cl)cccc2Cl)CC1. The van der Waals surface area contributed by atoms with Crippen molar-refractivity contribution in [3.8, 4) is 5.75 Å². The van der Waals surface area contributed by atoms with Gasteiger partial charge in [0.25, 0.3) is 5.91 Å². The van der Waals surface area contributed by atoms with Crippen LogP contribution in [-0.4, -0.2) is 46.8 Å². The fraction of sp³-hybridized carbons (Fsp3) is 0.261. The maximum absolute atomic E-state index is 12.9. The number of benzene rings is 2. The van der Waals surface area contributed by atoms with Gasteiger partial charge in [-0.3, -0.25) is 19.8 Å². The second-order valence-electron chi connectivity index (χ2n) is 7.60. The van der Waals surface area contributed by atoms with Gasteiger partial charge in [-0.15, -0.1) is 11.3 Å². The van der Waals surface area contributed by atoms with Crippen molar-refractivity contribution in [3.05, 3.63) is 90.1 Å². The number of nitrogens with zero attached hydrogens (tertiary/aromatic N) is 3. The molecule has 0 aliphatic carbocycles. The molecule has 0 N–H and O–H groups in total. The molecule has 0 atom stereocenters. The van der Waals surface area contributed by atoms with Gasteiger partial charge in [-0.1, -0.05) is 41.4 Å². The van der Waals surface area contributed by atoms with Gasteiger partial charge in [-0.25, -0.2) is 0 Å². The van der Waals surface area contributed by atoms with Crippen LogP contribution in [0.3, 0.4) is 0 Å². The molecule has 10 heteroatoms. The highest BCUT2D eigenvalue weighted by atomic mass is 35.5. The lowest BCUT2D eigenvalue weighted by atomic mass is 10.2. The maximum atomic E-state index is 12.9. The van der Waals surface area contributed by atoms with Crippen LogP contribution in [0.1, 0.15) is 20.8 Å². The number of rotatable bonds is 7. The minimum absolute atomic E-state index is 0.0210. The van der Waals surface area contributed by atoms with Crippen LogP contribution >= 0.6 is 34.5 Å². The molecule has 0 radical (unpaired) electrons. The smallest absolute Gasteiger partial charge is 0.310 e. The van der Waals surface area contributed by atoms with Crippen molar-refractivity contribution in [2.75, 3.05) is 26.2 Å². The monoisotopic (exact) mass is 505 g/mol. The molecule has 0 spiro atoms. The number of amides is 1. The molecule has 172 valence electrons. The van der Waals surface area contributed by atoms with Crippen LogP contribution < -0.4 is 4.74 Å². The van der Waals surface area contributed by atoms with Gasteiger partial charge in [0.2, 0.25) is 0 Å². The second-order valence-corrected chi connectivity index (χ2v) is 9.33. The first kappa shape index (κ1) is 23.5.